The Balaban J connectivity index is 3.87. The van der Waals surface area contributed by atoms with Crippen molar-refractivity contribution in [3.8, 4) is 0 Å². The maximum absolute atomic E-state index is 10.1. The van der Waals surface area contributed by atoms with Crippen LogP contribution in [-0.4, -0.2) is 27.8 Å². The zero-order valence-electron chi connectivity index (χ0n) is 7.33. The number of amidine groups is 1. The lowest BCUT2D eigenvalue weighted by atomic mass is 10.5. The van der Waals surface area contributed by atoms with Crippen LogP contribution in [-0.2, 0) is 0 Å². The second-order valence-electron chi connectivity index (χ2n) is 2.05. The van der Waals surface area contributed by atoms with E-state index in [0.29, 0.717) is 11.7 Å². The highest BCUT2D eigenvalue weighted by Crippen LogP contribution is 2.00. The normalized spacial score (nSPS) is 11.4. The number of alkyl halides is 1. The largest absolute Gasteiger partial charge is 0.360 e. The summed E-state index contributed by atoms with van der Waals surface area (Å²) in [5, 5.41) is 16.8. The van der Waals surface area contributed by atoms with Crippen LogP contribution in [0.1, 0.15) is 13.3 Å². The lowest BCUT2D eigenvalue weighted by Crippen LogP contribution is -2.23. The summed E-state index contributed by atoms with van der Waals surface area (Å²) in [5.74, 6) is 0.772. The number of hydrogen-bond donors (Lipinski definition) is 1. The van der Waals surface area contributed by atoms with Crippen LogP contribution in [0.4, 0.5) is 0 Å². The van der Waals surface area contributed by atoms with E-state index in [2.05, 4.69) is 26.3 Å². The molecular weight excluding hydrogens is 258 g/mol. The summed E-state index contributed by atoms with van der Waals surface area (Å²) >= 11 is 4.61. The van der Waals surface area contributed by atoms with Crippen LogP contribution >= 0.6 is 27.7 Å². The Bertz CT molecular complexity index is 189. The van der Waals surface area contributed by atoms with Gasteiger partial charge in [0.25, 0.3) is 0 Å². The fraction of sp³-hybridized carbons (Fsp3) is 0.833. The number of hydrazone groups is 1. The molecule has 0 radical (unpaired) electrons. The maximum atomic E-state index is 10.1. The average Bonchev–Trinajstić information content (AvgIpc) is 2.04. The number of halogens is 1. The van der Waals surface area contributed by atoms with Crippen molar-refractivity contribution in [1.29, 1.82) is 0 Å². The first-order valence-electron chi connectivity index (χ1n) is 3.86. The fourth-order valence-corrected chi connectivity index (χ4v) is 1.47. The number of thioether (sulfide) groups is 1. The third-order valence-electron chi connectivity index (χ3n) is 1.04. The molecule has 0 saturated heterocycles. The molecule has 0 unspecified atom stereocenters. The molecule has 76 valence electrons. The number of nitrogens with one attached hydrogen (secondary N) is 1. The highest BCUT2D eigenvalue weighted by Gasteiger charge is 2.03. The molecule has 0 spiro atoms. The van der Waals surface area contributed by atoms with Crippen molar-refractivity contribution in [3.63, 3.8) is 0 Å². The van der Waals surface area contributed by atoms with Crippen LogP contribution in [0.25, 0.3) is 0 Å². The van der Waals surface area contributed by atoms with E-state index < -0.39 is 5.03 Å². The minimum atomic E-state index is -0.681. The van der Waals surface area contributed by atoms with Gasteiger partial charge in [-0.3, -0.25) is 0 Å². The summed E-state index contributed by atoms with van der Waals surface area (Å²) in [6.07, 6.45) is 0.918. The van der Waals surface area contributed by atoms with E-state index in [9.17, 15) is 10.1 Å². The second-order valence-corrected chi connectivity index (χ2v) is 4.09. The molecule has 1 N–H and O–H groups in total. The topological polar surface area (TPSA) is 67.5 Å². The molecule has 0 aliphatic heterocycles. The van der Waals surface area contributed by atoms with E-state index in [1.165, 1.54) is 11.8 Å². The molecular formula is C6H12BrN3O2S. The fourth-order valence-electron chi connectivity index (χ4n) is 0.588. The van der Waals surface area contributed by atoms with E-state index in [1.54, 1.807) is 0 Å². The van der Waals surface area contributed by atoms with Crippen LogP contribution in [0, 0.1) is 10.1 Å². The highest BCUT2D eigenvalue weighted by atomic mass is 79.9. The molecule has 0 aliphatic carbocycles. The van der Waals surface area contributed by atoms with Gasteiger partial charge in [-0.15, -0.1) is 0 Å². The molecule has 0 aromatic carbocycles. The summed E-state index contributed by atoms with van der Waals surface area (Å²) in [5.41, 5.74) is 0. The van der Waals surface area contributed by atoms with Crippen molar-refractivity contribution in [2.45, 2.75) is 13.3 Å². The summed E-state index contributed by atoms with van der Waals surface area (Å²) in [6.45, 7) is 2.62. The Morgan fingerprint density at radius 3 is 2.92 bits per heavy atom. The number of hydrogen-bond acceptors (Lipinski definition) is 3. The van der Waals surface area contributed by atoms with E-state index in [0.717, 1.165) is 17.5 Å². The van der Waals surface area contributed by atoms with Crippen LogP contribution in [0.2, 0.25) is 0 Å². The van der Waals surface area contributed by atoms with Gasteiger partial charge in [0, 0.05) is 11.9 Å². The SMILES string of the molecule is CCSC(=N[N+](=O)[O-])NCCCBr. The van der Waals surface area contributed by atoms with Crippen LogP contribution < -0.4 is 5.32 Å². The van der Waals surface area contributed by atoms with Gasteiger partial charge in [-0.25, -0.2) is 10.1 Å². The van der Waals surface area contributed by atoms with Gasteiger partial charge in [0.1, 0.15) is 0 Å². The summed E-state index contributed by atoms with van der Waals surface area (Å²) in [7, 11) is 0. The quantitative estimate of drug-likeness (QED) is 0.206. The van der Waals surface area contributed by atoms with E-state index in [1.807, 2.05) is 6.92 Å². The standard InChI is InChI=1S/C6H12BrN3O2S/c1-2-13-6(9-10(11)12)8-5-3-4-7/h2-5H2,1H3,(H,8,9). The highest BCUT2D eigenvalue weighted by molar-refractivity contribution is 9.09. The Labute approximate surface area is 89.6 Å². The molecule has 0 aromatic heterocycles. The Hall–Kier alpha value is -0.300. The minimum absolute atomic E-state index is 0.383. The monoisotopic (exact) mass is 269 g/mol. The van der Waals surface area contributed by atoms with Crippen molar-refractivity contribution >= 4 is 32.9 Å². The summed E-state index contributed by atoms with van der Waals surface area (Å²) in [4.78, 5) is 10.1. The first kappa shape index (κ1) is 12.7. The van der Waals surface area contributed by atoms with Crippen LogP contribution in [0.5, 0.6) is 0 Å². The first-order valence-corrected chi connectivity index (χ1v) is 5.97. The van der Waals surface area contributed by atoms with Crippen molar-refractivity contribution < 1.29 is 5.03 Å². The predicted octanol–water partition coefficient (Wildman–Crippen LogP) is 1.66. The smallest absolute Gasteiger partial charge is 0.235 e. The zero-order chi connectivity index (χ0) is 10.1. The Morgan fingerprint density at radius 1 is 1.77 bits per heavy atom. The van der Waals surface area contributed by atoms with E-state index in [4.69, 9.17) is 0 Å². The molecule has 0 bridgehead atoms. The molecule has 0 saturated carbocycles. The van der Waals surface area contributed by atoms with Crippen molar-refractivity contribution in [3.05, 3.63) is 10.1 Å². The number of nitrogens with zero attached hydrogens (tertiary/aromatic N) is 2. The molecule has 0 atom stereocenters. The van der Waals surface area contributed by atoms with Gasteiger partial charge in [0.2, 0.25) is 5.17 Å². The molecule has 0 amide bonds. The Kier molecular flexibility index (Phi) is 8.11. The summed E-state index contributed by atoms with van der Waals surface area (Å²) in [6, 6.07) is 0. The van der Waals surface area contributed by atoms with Gasteiger partial charge in [-0.1, -0.05) is 34.6 Å². The lowest BCUT2D eigenvalue weighted by molar-refractivity contribution is -0.484. The zero-order valence-corrected chi connectivity index (χ0v) is 9.73. The van der Waals surface area contributed by atoms with Gasteiger partial charge in [-0.05, 0) is 12.2 Å². The average molecular weight is 270 g/mol. The molecule has 0 rings (SSSR count). The Morgan fingerprint density at radius 2 is 2.46 bits per heavy atom. The molecule has 0 fully saturated rings. The molecule has 0 aromatic rings. The number of rotatable bonds is 5. The van der Waals surface area contributed by atoms with Crippen molar-refractivity contribution in [2.75, 3.05) is 17.6 Å². The third kappa shape index (κ3) is 8.04. The predicted molar refractivity (Wildman–Crippen MR) is 59.0 cm³/mol. The van der Waals surface area contributed by atoms with Gasteiger partial charge >= 0.3 is 0 Å². The molecule has 7 heteroatoms. The lowest BCUT2D eigenvalue weighted by Gasteiger charge is -2.02. The van der Waals surface area contributed by atoms with Gasteiger partial charge in [-0.2, -0.15) is 0 Å². The molecule has 5 nitrogen and oxygen atoms in total. The molecule has 0 aliphatic rings. The maximum Gasteiger partial charge on any atom is 0.235 e. The van der Waals surface area contributed by atoms with Crippen molar-refractivity contribution in [2.24, 2.45) is 5.10 Å². The van der Waals surface area contributed by atoms with E-state index in [-0.39, 0.29) is 0 Å². The van der Waals surface area contributed by atoms with E-state index >= 15 is 0 Å². The molecule has 13 heavy (non-hydrogen) atoms. The van der Waals surface area contributed by atoms with Gasteiger partial charge < -0.3 is 5.32 Å². The summed E-state index contributed by atoms with van der Waals surface area (Å²) < 4.78 is 0. The van der Waals surface area contributed by atoms with Gasteiger partial charge in [0.05, 0.1) is 5.10 Å². The minimum Gasteiger partial charge on any atom is -0.360 e. The number of nitro groups is 1. The molecule has 0 heterocycles. The van der Waals surface area contributed by atoms with Crippen LogP contribution in [0.3, 0.4) is 0 Å². The van der Waals surface area contributed by atoms with Gasteiger partial charge in [0.15, 0.2) is 5.03 Å². The third-order valence-corrected chi connectivity index (χ3v) is 2.39. The van der Waals surface area contributed by atoms with Crippen LogP contribution in [0.15, 0.2) is 5.10 Å². The second kappa shape index (κ2) is 8.31. The first-order chi connectivity index (χ1) is 6.20. The van der Waals surface area contributed by atoms with Crippen molar-refractivity contribution in [1.82, 2.24) is 5.32 Å².